The summed E-state index contributed by atoms with van der Waals surface area (Å²) in [5, 5.41) is 3.50. The van der Waals surface area contributed by atoms with Crippen molar-refractivity contribution in [2.24, 2.45) is 0 Å². The van der Waals surface area contributed by atoms with Gasteiger partial charge >= 0.3 is 0 Å². The number of hydrogen-bond donors (Lipinski definition) is 1. The van der Waals surface area contributed by atoms with Gasteiger partial charge in [-0.2, -0.15) is 0 Å². The highest BCUT2D eigenvalue weighted by Crippen LogP contribution is 2.34. The van der Waals surface area contributed by atoms with Crippen LogP contribution in [0.1, 0.15) is 44.6 Å². The molecule has 2 unspecified atom stereocenters. The fourth-order valence-corrected chi connectivity index (χ4v) is 3.07. The maximum Gasteiger partial charge on any atom is 0.0631 e. The zero-order valence-electron chi connectivity index (χ0n) is 13.6. The first-order valence-corrected chi connectivity index (χ1v) is 8.03. The predicted octanol–water partition coefficient (Wildman–Crippen LogP) is 3.35. The highest BCUT2D eigenvalue weighted by atomic mass is 16.5. The largest absolute Gasteiger partial charge is 0.383 e. The fraction of sp³-hybridized carbons (Fsp3) is 0.667. The lowest BCUT2D eigenvalue weighted by Gasteiger charge is -2.24. The van der Waals surface area contributed by atoms with E-state index in [0.717, 1.165) is 32.5 Å². The first-order chi connectivity index (χ1) is 10.1. The molecular weight excluding hydrogens is 262 g/mol. The van der Waals surface area contributed by atoms with Gasteiger partial charge in [-0.25, -0.2) is 0 Å². The maximum atomic E-state index is 6.18. The van der Waals surface area contributed by atoms with E-state index in [2.05, 4.69) is 49.5 Å². The molecule has 1 aromatic carbocycles. The van der Waals surface area contributed by atoms with Crippen molar-refractivity contribution in [2.45, 2.75) is 50.7 Å². The van der Waals surface area contributed by atoms with Crippen LogP contribution in [0.15, 0.2) is 30.3 Å². The molecule has 0 radical (unpaired) electrons. The molecule has 1 N–H and O–H groups in total. The second-order valence-electron chi connectivity index (χ2n) is 6.58. The molecule has 3 nitrogen and oxygen atoms in total. The van der Waals surface area contributed by atoms with Crippen LogP contribution in [-0.4, -0.2) is 38.5 Å². The Morgan fingerprint density at radius 3 is 2.71 bits per heavy atom. The number of benzene rings is 1. The van der Waals surface area contributed by atoms with Crippen molar-refractivity contribution in [1.29, 1.82) is 0 Å². The Hall–Kier alpha value is -0.900. The summed E-state index contributed by atoms with van der Waals surface area (Å²) in [4.78, 5) is 0. The van der Waals surface area contributed by atoms with Crippen LogP contribution in [0.3, 0.4) is 0 Å². The molecule has 0 saturated carbocycles. The number of nitrogens with one attached hydrogen (secondary N) is 1. The van der Waals surface area contributed by atoms with E-state index in [1.807, 2.05) is 0 Å². The summed E-state index contributed by atoms with van der Waals surface area (Å²) in [5.74, 6) is 0.502. The average molecular weight is 291 g/mol. The molecule has 1 saturated heterocycles. The summed E-state index contributed by atoms with van der Waals surface area (Å²) in [5.41, 5.74) is 1.45. The van der Waals surface area contributed by atoms with Crippen molar-refractivity contribution >= 4 is 0 Å². The number of ether oxygens (including phenoxy) is 2. The second kappa shape index (κ2) is 7.92. The van der Waals surface area contributed by atoms with Gasteiger partial charge < -0.3 is 14.8 Å². The summed E-state index contributed by atoms with van der Waals surface area (Å²) in [7, 11) is 1.74. The molecule has 2 rings (SSSR count). The van der Waals surface area contributed by atoms with Crippen LogP contribution < -0.4 is 5.32 Å². The number of rotatable bonds is 8. The van der Waals surface area contributed by atoms with Crippen LogP contribution in [0, 0.1) is 0 Å². The highest BCUT2D eigenvalue weighted by molar-refractivity contribution is 5.20. The van der Waals surface area contributed by atoms with Crippen LogP contribution >= 0.6 is 0 Å². The van der Waals surface area contributed by atoms with Crippen molar-refractivity contribution in [3.8, 4) is 0 Å². The highest BCUT2D eigenvalue weighted by Gasteiger charge is 2.33. The molecule has 0 aromatic heterocycles. The van der Waals surface area contributed by atoms with Gasteiger partial charge in [0.15, 0.2) is 0 Å². The first kappa shape index (κ1) is 16.5. The standard InChI is InChI=1S/C18H29NO2/c1-18(2)10-9-17(21-18)13-16(14-19-11-12-20-3)15-7-5-4-6-8-15/h4-8,16-17,19H,9-14H2,1-3H3. The van der Waals surface area contributed by atoms with Crippen molar-refractivity contribution in [3.05, 3.63) is 35.9 Å². The molecular formula is C18H29NO2. The van der Waals surface area contributed by atoms with E-state index >= 15 is 0 Å². The lowest BCUT2D eigenvalue weighted by atomic mass is 9.92. The molecule has 118 valence electrons. The molecule has 1 aliphatic rings. The van der Waals surface area contributed by atoms with Crippen molar-refractivity contribution in [2.75, 3.05) is 26.8 Å². The predicted molar refractivity (Wildman–Crippen MR) is 86.7 cm³/mol. The van der Waals surface area contributed by atoms with Gasteiger partial charge in [-0.05, 0) is 44.6 Å². The normalized spacial score (nSPS) is 22.3. The van der Waals surface area contributed by atoms with Crippen LogP contribution in [0.5, 0.6) is 0 Å². The Morgan fingerprint density at radius 1 is 1.33 bits per heavy atom. The Morgan fingerprint density at radius 2 is 2.10 bits per heavy atom. The Kier molecular flexibility index (Phi) is 6.22. The van der Waals surface area contributed by atoms with Gasteiger partial charge in [-0.3, -0.25) is 0 Å². The third kappa shape index (κ3) is 5.42. The first-order valence-electron chi connectivity index (χ1n) is 8.03. The SMILES string of the molecule is COCCNCC(CC1CCC(C)(C)O1)c1ccccc1. The molecule has 0 spiro atoms. The third-order valence-corrected chi connectivity index (χ3v) is 4.25. The maximum absolute atomic E-state index is 6.18. The third-order valence-electron chi connectivity index (χ3n) is 4.25. The molecule has 0 bridgehead atoms. The molecule has 1 aromatic rings. The van der Waals surface area contributed by atoms with Crippen LogP contribution in [0.25, 0.3) is 0 Å². The smallest absolute Gasteiger partial charge is 0.0631 e. The summed E-state index contributed by atoms with van der Waals surface area (Å²) < 4.78 is 11.3. The molecule has 2 atom stereocenters. The minimum absolute atomic E-state index is 0.0510. The van der Waals surface area contributed by atoms with E-state index in [1.165, 1.54) is 12.0 Å². The molecule has 1 heterocycles. The summed E-state index contributed by atoms with van der Waals surface area (Å²) >= 11 is 0. The molecule has 1 fully saturated rings. The summed E-state index contributed by atoms with van der Waals surface area (Å²) in [6.07, 6.45) is 3.81. The van der Waals surface area contributed by atoms with E-state index in [0.29, 0.717) is 12.0 Å². The van der Waals surface area contributed by atoms with Crippen LogP contribution in [-0.2, 0) is 9.47 Å². The van der Waals surface area contributed by atoms with E-state index in [9.17, 15) is 0 Å². The lowest BCUT2D eigenvalue weighted by molar-refractivity contribution is -0.0209. The van der Waals surface area contributed by atoms with E-state index in [4.69, 9.17) is 9.47 Å². The molecule has 3 heteroatoms. The van der Waals surface area contributed by atoms with Crippen molar-refractivity contribution in [3.63, 3.8) is 0 Å². The second-order valence-corrected chi connectivity index (χ2v) is 6.58. The Balaban J connectivity index is 1.92. The van der Waals surface area contributed by atoms with Gasteiger partial charge in [0.25, 0.3) is 0 Å². The van der Waals surface area contributed by atoms with Gasteiger partial charge in [0.1, 0.15) is 0 Å². The Bertz CT molecular complexity index is 405. The van der Waals surface area contributed by atoms with Crippen LogP contribution in [0.4, 0.5) is 0 Å². The molecule has 1 aliphatic heterocycles. The van der Waals surface area contributed by atoms with Gasteiger partial charge in [0.05, 0.1) is 18.3 Å². The minimum Gasteiger partial charge on any atom is -0.383 e. The topological polar surface area (TPSA) is 30.5 Å². The zero-order valence-corrected chi connectivity index (χ0v) is 13.6. The van der Waals surface area contributed by atoms with E-state index < -0.39 is 0 Å². The lowest BCUT2D eigenvalue weighted by Crippen LogP contribution is -2.28. The molecule has 0 amide bonds. The zero-order chi connectivity index (χ0) is 15.1. The monoisotopic (exact) mass is 291 g/mol. The molecule has 21 heavy (non-hydrogen) atoms. The summed E-state index contributed by atoms with van der Waals surface area (Å²) in [6, 6.07) is 10.8. The van der Waals surface area contributed by atoms with Crippen molar-refractivity contribution < 1.29 is 9.47 Å². The van der Waals surface area contributed by atoms with Crippen molar-refractivity contribution in [1.82, 2.24) is 5.32 Å². The summed E-state index contributed by atoms with van der Waals surface area (Å²) in [6.45, 7) is 7.03. The molecule has 0 aliphatic carbocycles. The average Bonchev–Trinajstić information content (AvgIpc) is 2.82. The minimum atomic E-state index is 0.0510. The van der Waals surface area contributed by atoms with Gasteiger partial charge in [0, 0.05) is 20.2 Å². The quantitative estimate of drug-likeness (QED) is 0.745. The van der Waals surface area contributed by atoms with E-state index in [1.54, 1.807) is 7.11 Å². The van der Waals surface area contributed by atoms with Gasteiger partial charge in [0.2, 0.25) is 0 Å². The van der Waals surface area contributed by atoms with E-state index in [-0.39, 0.29) is 5.60 Å². The number of methoxy groups -OCH3 is 1. The fourth-order valence-electron chi connectivity index (χ4n) is 3.07. The Labute approximate surface area is 129 Å². The van der Waals surface area contributed by atoms with Crippen LogP contribution in [0.2, 0.25) is 0 Å². The van der Waals surface area contributed by atoms with Gasteiger partial charge in [-0.1, -0.05) is 30.3 Å². The number of hydrogen-bond acceptors (Lipinski definition) is 3. The van der Waals surface area contributed by atoms with Gasteiger partial charge in [-0.15, -0.1) is 0 Å².